The van der Waals surface area contributed by atoms with Crippen LogP contribution >= 0.6 is 0 Å². The number of carbonyl (C=O) groups excluding carboxylic acids is 2. The zero-order valence-corrected chi connectivity index (χ0v) is 15.9. The maximum atomic E-state index is 13.7. The molecule has 0 saturated carbocycles. The predicted molar refractivity (Wildman–Crippen MR) is 99.3 cm³/mol. The number of carbonyl (C=O) groups is 2. The minimum Gasteiger partial charge on any atom is -0.462 e. The van der Waals surface area contributed by atoms with Gasteiger partial charge in [0.1, 0.15) is 25.6 Å². The molecule has 0 saturated heterocycles. The van der Waals surface area contributed by atoms with Crippen molar-refractivity contribution in [2.45, 2.75) is 52.7 Å². The number of nitrogens with zero attached hydrogens (tertiary/aromatic N) is 1. The van der Waals surface area contributed by atoms with Crippen LogP contribution in [-0.4, -0.2) is 38.2 Å². The molecule has 0 aliphatic rings. The van der Waals surface area contributed by atoms with Gasteiger partial charge in [0.15, 0.2) is 0 Å². The van der Waals surface area contributed by atoms with Crippen LogP contribution in [0.15, 0.2) is 30.0 Å². The topological polar surface area (TPSA) is 46.6 Å². The molecule has 1 atom stereocenters. The number of benzene rings is 1. The van der Waals surface area contributed by atoms with Crippen molar-refractivity contribution in [2.75, 3.05) is 7.05 Å². The minimum atomic E-state index is -0.318. The third kappa shape index (κ3) is 9.70. The van der Waals surface area contributed by atoms with E-state index in [0.717, 1.165) is 11.9 Å². The van der Waals surface area contributed by atoms with Crippen molar-refractivity contribution in [1.82, 2.24) is 4.90 Å². The first-order valence-corrected chi connectivity index (χ1v) is 8.01. The third-order valence-electron chi connectivity index (χ3n) is 3.31. The first kappa shape index (κ1) is 22.9. The summed E-state index contributed by atoms with van der Waals surface area (Å²) in [4.78, 5) is 21.9. The monoisotopic (exact) mass is 347 g/mol. The summed E-state index contributed by atoms with van der Waals surface area (Å²) < 4.78 is 18.3. The molecule has 1 unspecified atom stereocenters. The molecular formula is C19H27BFNO3. The van der Waals surface area contributed by atoms with Gasteiger partial charge >= 0.3 is 0 Å². The van der Waals surface area contributed by atoms with Crippen LogP contribution < -0.4 is 5.46 Å². The molecule has 1 rings (SSSR count). The molecule has 4 nitrogen and oxygen atoms in total. The van der Waals surface area contributed by atoms with Gasteiger partial charge in [-0.1, -0.05) is 23.2 Å². The molecule has 0 aromatic heterocycles. The number of hydrogen-bond donors (Lipinski definition) is 0. The van der Waals surface area contributed by atoms with E-state index in [9.17, 15) is 14.0 Å². The van der Waals surface area contributed by atoms with Crippen molar-refractivity contribution >= 4 is 26.1 Å². The molecule has 0 N–H and O–H groups in total. The molecule has 1 aromatic carbocycles. The molecule has 0 fully saturated rings. The smallest absolute Gasteiger partial charge is 0.293 e. The Balaban J connectivity index is 0.000000697. The van der Waals surface area contributed by atoms with Crippen LogP contribution in [0.2, 0.25) is 0 Å². The van der Waals surface area contributed by atoms with Crippen LogP contribution in [0.5, 0.6) is 0 Å². The maximum Gasteiger partial charge on any atom is 0.293 e. The van der Waals surface area contributed by atoms with E-state index in [1.165, 1.54) is 6.07 Å². The summed E-state index contributed by atoms with van der Waals surface area (Å²) in [5, 5.41) is 0. The lowest BCUT2D eigenvalue weighted by atomic mass is 9.92. The third-order valence-corrected chi connectivity index (χ3v) is 3.31. The van der Waals surface area contributed by atoms with Crippen LogP contribution in [0.25, 0.3) is 0 Å². The summed E-state index contributed by atoms with van der Waals surface area (Å²) in [6, 6.07) is 4.41. The van der Waals surface area contributed by atoms with Gasteiger partial charge in [-0.25, -0.2) is 4.39 Å². The van der Waals surface area contributed by atoms with Gasteiger partial charge in [0, 0.05) is 19.0 Å². The SMILES string of the molecule is CC(C)(C)OC=O.[B]c1ccc(F)c(C(C)N(C)/C=C(/C)CC=O)c1. The lowest BCUT2D eigenvalue weighted by Crippen LogP contribution is -2.19. The first-order chi connectivity index (χ1) is 11.5. The molecule has 0 amide bonds. The first-order valence-electron chi connectivity index (χ1n) is 8.01. The Morgan fingerprint density at radius 3 is 2.40 bits per heavy atom. The standard InChI is InChI=1S/C14H17BFNO.C5H10O2/c1-10(6-7-18)9-17(3)11(2)13-8-12(15)4-5-14(13)16;1-5(2,3)7-4-6/h4-5,7-9,11H,6H2,1-3H3;4H,1-3H3/b10-9-;. The van der Waals surface area contributed by atoms with E-state index in [4.69, 9.17) is 7.85 Å². The fraction of sp³-hybridized carbons (Fsp3) is 0.474. The van der Waals surface area contributed by atoms with Crippen LogP contribution in [0, 0.1) is 5.82 Å². The largest absolute Gasteiger partial charge is 0.462 e. The van der Waals surface area contributed by atoms with Gasteiger partial charge in [0.05, 0.1) is 6.04 Å². The fourth-order valence-electron chi connectivity index (χ4n) is 1.89. The fourth-order valence-corrected chi connectivity index (χ4v) is 1.89. The van der Waals surface area contributed by atoms with E-state index >= 15 is 0 Å². The van der Waals surface area contributed by atoms with Gasteiger partial charge in [0.2, 0.25) is 0 Å². The van der Waals surface area contributed by atoms with Crippen molar-refractivity contribution in [2.24, 2.45) is 0 Å². The van der Waals surface area contributed by atoms with Crippen molar-refractivity contribution in [3.05, 3.63) is 41.4 Å². The second-order valence-electron chi connectivity index (χ2n) is 6.80. The van der Waals surface area contributed by atoms with Crippen LogP contribution in [-0.2, 0) is 14.3 Å². The quantitative estimate of drug-likeness (QED) is 0.586. The lowest BCUT2D eigenvalue weighted by molar-refractivity contribution is -0.138. The predicted octanol–water partition coefficient (Wildman–Crippen LogP) is 3.06. The number of rotatable bonds is 6. The summed E-state index contributed by atoms with van der Waals surface area (Å²) >= 11 is 0. The molecule has 1 aromatic rings. The van der Waals surface area contributed by atoms with E-state index in [0.29, 0.717) is 23.9 Å². The van der Waals surface area contributed by atoms with E-state index in [1.807, 2.05) is 52.8 Å². The number of halogens is 1. The van der Waals surface area contributed by atoms with Gasteiger partial charge in [-0.3, -0.25) is 4.79 Å². The van der Waals surface area contributed by atoms with Crippen molar-refractivity contribution in [3.63, 3.8) is 0 Å². The van der Waals surface area contributed by atoms with Crippen molar-refractivity contribution in [3.8, 4) is 0 Å². The number of ether oxygens (including phenoxy) is 1. The van der Waals surface area contributed by atoms with Gasteiger partial charge in [-0.05, 0) is 46.9 Å². The van der Waals surface area contributed by atoms with Crippen molar-refractivity contribution in [1.29, 1.82) is 0 Å². The number of allylic oxidation sites excluding steroid dienone is 1. The summed E-state index contributed by atoms with van der Waals surface area (Å²) in [6.07, 6.45) is 3.09. The Labute approximate surface area is 151 Å². The van der Waals surface area contributed by atoms with Crippen LogP contribution in [0.1, 0.15) is 52.6 Å². The summed E-state index contributed by atoms with van der Waals surface area (Å²) in [5.74, 6) is -0.273. The highest BCUT2D eigenvalue weighted by atomic mass is 19.1. The van der Waals surface area contributed by atoms with Crippen LogP contribution in [0.4, 0.5) is 4.39 Å². The van der Waals surface area contributed by atoms with E-state index < -0.39 is 0 Å². The lowest BCUT2D eigenvalue weighted by Gasteiger charge is -2.25. The Kier molecular flexibility index (Phi) is 9.80. The molecular weight excluding hydrogens is 320 g/mol. The molecule has 0 heterocycles. The molecule has 0 spiro atoms. The molecule has 0 aliphatic heterocycles. The molecule has 0 bridgehead atoms. The summed E-state index contributed by atoms with van der Waals surface area (Å²) in [7, 11) is 7.52. The highest BCUT2D eigenvalue weighted by Crippen LogP contribution is 2.21. The van der Waals surface area contributed by atoms with Crippen molar-refractivity contribution < 1.29 is 18.7 Å². The molecule has 25 heavy (non-hydrogen) atoms. The normalized spacial score (nSPS) is 12.5. The molecule has 136 valence electrons. The highest BCUT2D eigenvalue weighted by molar-refractivity contribution is 6.32. The maximum absolute atomic E-state index is 13.7. The molecule has 2 radical (unpaired) electrons. The second kappa shape index (κ2) is 10.7. The Morgan fingerprint density at radius 2 is 1.96 bits per heavy atom. The number of aldehydes is 1. The average Bonchev–Trinajstić information content (AvgIpc) is 2.48. The Morgan fingerprint density at radius 1 is 1.36 bits per heavy atom. The average molecular weight is 347 g/mol. The van der Waals surface area contributed by atoms with E-state index in [2.05, 4.69) is 4.74 Å². The van der Waals surface area contributed by atoms with Crippen LogP contribution in [0.3, 0.4) is 0 Å². The van der Waals surface area contributed by atoms with Gasteiger partial charge in [0.25, 0.3) is 6.47 Å². The Bertz CT molecular complexity index is 597. The van der Waals surface area contributed by atoms with Gasteiger partial charge < -0.3 is 14.4 Å². The zero-order valence-electron chi connectivity index (χ0n) is 15.9. The molecule has 0 aliphatic carbocycles. The zero-order chi connectivity index (χ0) is 19.6. The number of hydrogen-bond acceptors (Lipinski definition) is 4. The highest BCUT2D eigenvalue weighted by Gasteiger charge is 2.13. The minimum absolute atomic E-state index is 0.143. The second-order valence-corrected chi connectivity index (χ2v) is 6.80. The molecule has 6 heteroatoms. The summed E-state index contributed by atoms with van der Waals surface area (Å²) in [5.41, 5.74) is 1.71. The van der Waals surface area contributed by atoms with E-state index in [-0.39, 0.29) is 17.5 Å². The van der Waals surface area contributed by atoms with Gasteiger partial charge in [-0.2, -0.15) is 0 Å². The van der Waals surface area contributed by atoms with Gasteiger partial charge in [-0.15, -0.1) is 0 Å². The van der Waals surface area contributed by atoms with E-state index in [1.54, 1.807) is 12.1 Å². The Hall–Kier alpha value is -2.11. The summed E-state index contributed by atoms with van der Waals surface area (Å²) in [6.45, 7) is 9.68.